The Kier molecular flexibility index (Phi) is 6.66. The van der Waals surface area contributed by atoms with Crippen molar-refractivity contribution in [3.63, 3.8) is 0 Å². The van der Waals surface area contributed by atoms with E-state index in [1.54, 1.807) is 20.3 Å². The standard InChI is InChI=1S/C22H27N7O2/c1-16(22(30)23-2)27-31-14-19-20-13-28(12-17-10-24-15-25-11-17)8-9-29(20)21(26-19)18-6-4-3-5-7-18/h3-7,10-11,15-16,27H,8-9,12-14H2,1-2H3,(H,23,30)/t16-/m0/s1. The van der Waals surface area contributed by atoms with Gasteiger partial charge in [-0.05, 0) is 6.92 Å². The van der Waals surface area contributed by atoms with Crippen LogP contribution >= 0.6 is 0 Å². The largest absolute Gasteiger partial charge is 0.358 e. The number of hydrogen-bond donors (Lipinski definition) is 2. The molecule has 1 atom stereocenters. The normalized spacial score (nSPS) is 14.8. The molecule has 162 valence electrons. The molecule has 3 aromatic rings. The van der Waals surface area contributed by atoms with Crippen LogP contribution in [0, 0.1) is 0 Å². The molecule has 9 heteroatoms. The third kappa shape index (κ3) is 4.96. The molecule has 2 N–H and O–H groups in total. The number of fused-ring (bicyclic) bond motifs is 1. The first-order valence-corrected chi connectivity index (χ1v) is 10.3. The highest BCUT2D eigenvalue weighted by atomic mass is 16.6. The lowest BCUT2D eigenvalue weighted by Gasteiger charge is -2.29. The maximum atomic E-state index is 11.7. The molecule has 1 amide bonds. The van der Waals surface area contributed by atoms with E-state index in [2.05, 4.69) is 42.4 Å². The van der Waals surface area contributed by atoms with Crippen LogP contribution in [-0.4, -0.2) is 50.0 Å². The number of rotatable bonds is 8. The smallest absolute Gasteiger partial charge is 0.238 e. The molecule has 3 heterocycles. The zero-order valence-corrected chi connectivity index (χ0v) is 17.8. The Morgan fingerprint density at radius 3 is 2.71 bits per heavy atom. The number of likely N-dealkylation sites (N-methyl/N-ethyl adjacent to an activating group) is 1. The van der Waals surface area contributed by atoms with Gasteiger partial charge in [-0.25, -0.2) is 15.0 Å². The lowest BCUT2D eigenvalue weighted by atomic mass is 10.2. The van der Waals surface area contributed by atoms with Crippen LogP contribution in [0.15, 0.2) is 49.1 Å². The fraction of sp³-hybridized carbons (Fsp3) is 0.364. The minimum atomic E-state index is -0.452. The van der Waals surface area contributed by atoms with Gasteiger partial charge in [-0.15, -0.1) is 0 Å². The highest BCUT2D eigenvalue weighted by molar-refractivity contribution is 5.80. The molecule has 1 aliphatic heterocycles. The molecule has 2 aromatic heterocycles. The third-order valence-corrected chi connectivity index (χ3v) is 5.33. The zero-order valence-electron chi connectivity index (χ0n) is 17.8. The predicted octanol–water partition coefficient (Wildman–Crippen LogP) is 1.51. The Morgan fingerprint density at radius 1 is 1.19 bits per heavy atom. The number of carbonyl (C=O) groups is 1. The molecule has 0 fully saturated rings. The van der Waals surface area contributed by atoms with Crippen molar-refractivity contribution >= 4 is 5.91 Å². The Balaban J connectivity index is 1.54. The second-order valence-corrected chi connectivity index (χ2v) is 7.55. The van der Waals surface area contributed by atoms with Gasteiger partial charge < -0.3 is 9.88 Å². The van der Waals surface area contributed by atoms with Crippen LogP contribution in [0.4, 0.5) is 0 Å². The monoisotopic (exact) mass is 421 g/mol. The minimum absolute atomic E-state index is 0.131. The van der Waals surface area contributed by atoms with Gasteiger partial charge in [0.1, 0.15) is 24.8 Å². The molecule has 0 saturated carbocycles. The average molecular weight is 422 g/mol. The number of amides is 1. The molecule has 9 nitrogen and oxygen atoms in total. The van der Waals surface area contributed by atoms with E-state index in [1.165, 1.54) is 0 Å². The molecule has 1 aromatic carbocycles. The molecule has 31 heavy (non-hydrogen) atoms. The topological polar surface area (TPSA) is 97.2 Å². The number of hydrogen-bond acceptors (Lipinski definition) is 7. The van der Waals surface area contributed by atoms with Gasteiger partial charge in [0.15, 0.2) is 0 Å². The highest BCUT2D eigenvalue weighted by Gasteiger charge is 2.25. The van der Waals surface area contributed by atoms with Gasteiger partial charge in [0.05, 0.1) is 11.4 Å². The number of imidazole rings is 1. The first kappa shape index (κ1) is 21.1. The van der Waals surface area contributed by atoms with Crippen LogP contribution in [0.25, 0.3) is 11.4 Å². The van der Waals surface area contributed by atoms with Gasteiger partial charge in [0.25, 0.3) is 0 Å². The molecule has 0 bridgehead atoms. The molecule has 0 spiro atoms. The van der Waals surface area contributed by atoms with Gasteiger partial charge in [-0.1, -0.05) is 30.3 Å². The van der Waals surface area contributed by atoms with Crippen molar-refractivity contribution in [2.75, 3.05) is 13.6 Å². The van der Waals surface area contributed by atoms with E-state index >= 15 is 0 Å². The molecule has 0 unspecified atom stereocenters. The fourth-order valence-electron chi connectivity index (χ4n) is 3.72. The Hall–Kier alpha value is -3.14. The molecule has 0 radical (unpaired) electrons. The van der Waals surface area contributed by atoms with Crippen LogP contribution in [0.1, 0.15) is 23.9 Å². The van der Waals surface area contributed by atoms with Crippen LogP contribution in [-0.2, 0) is 35.9 Å². The van der Waals surface area contributed by atoms with E-state index in [9.17, 15) is 4.79 Å². The number of nitrogens with zero attached hydrogens (tertiary/aromatic N) is 5. The number of aromatic nitrogens is 4. The maximum Gasteiger partial charge on any atom is 0.238 e. The van der Waals surface area contributed by atoms with Gasteiger partial charge >= 0.3 is 0 Å². The first-order chi connectivity index (χ1) is 15.2. The first-order valence-electron chi connectivity index (χ1n) is 10.3. The lowest BCUT2D eigenvalue weighted by molar-refractivity contribution is -0.126. The van der Waals surface area contributed by atoms with Crippen molar-refractivity contribution in [3.8, 4) is 11.4 Å². The van der Waals surface area contributed by atoms with E-state index < -0.39 is 6.04 Å². The summed E-state index contributed by atoms with van der Waals surface area (Å²) in [5, 5.41) is 2.60. The van der Waals surface area contributed by atoms with Crippen molar-refractivity contribution in [1.29, 1.82) is 0 Å². The van der Waals surface area contributed by atoms with Crippen molar-refractivity contribution in [1.82, 2.24) is 35.2 Å². The van der Waals surface area contributed by atoms with Crippen molar-refractivity contribution in [2.24, 2.45) is 0 Å². The summed E-state index contributed by atoms with van der Waals surface area (Å²) in [5.74, 6) is 0.810. The number of carbonyl (C=O) groups excluding carboxylic acids is 1. The molecule has 1 aliphatic rings. The summed E-state index contributed by atoms with van der Waals surface area (Å²) in [6.45, 7) is 5.29. The van der Waals surface area contributed by atoms with Gasteiger partial charge in [0.2, 0.25) is 5.91 Å². The molecule has 0 saturated heterocycles. The van der Waals surface area contributed by atoms with E-state index in [0.29, 0.717) is 0 Å². The summed E-state index contributed by atoms with van der Waals surface area (Å²) in [7, 11) is 1.60. The van der Waals surface area contributed by atoms with Crippen LogP contribution in [0.2, 0.25) is 0 Å². The number of nitrogens with one attached hydrogen (secondary N) is 2. The highest BCUT2D eigenvalue weighted by Crippen LogP contribution is 2.27. The molecular formula is C22H27N7O2. The van der Waals surface area contributed by atoms with Crippen LogP contribution < -0.4 is 10.8 Å². The summed E-state index contributed by atoms with van der Waals surface area (Å²) in [6.07, 6.45) is 5.24. The van der Waals surface area contributed by atoms with Gasteiger partial charge in [-0.3, -0.25) is 14.5 Å². The lowest BCUT2D eigenvalue weighted by Crippen LogP contribution is -2.40. The second kappa shape index (κ2) is 9.78. The average Bonchev–Trinajstić information content (AvgIpc) is 3.17. The third-order valence-electron chi connectivity index (χ3n) is 5.33. The van der Waals surface area contributed by atoms with Crippen molar-refractivity contribution in [3.05, 3.63) is 66.0 Å². The van der Waals surface area contributed by atoms with E-state index in [4.69, 9.17) is 9.82 Å². The molecule has 4 rings (SSSR count). The minimum Gasteiger partial charge on any atom is -0.358 e. The van der Waals surface area contributed by atoms with E-state index in [1.807, 2.05) is 30.6 Å². The summed E-state index contributed by atoms with van der Waals surface area (Å²) < 4.78 is 2.27. The van der Waals surface area contributed by atoms with E-state index in [-0.39, 0.29) is 12.5 Å². The quantitative estimate of drug-likeness (QED) is 0.532. The summed E-state index contributed by atoms with van der Waals surface area (Å²) in [5.41, 5.74) is 6.94. The van der Waals surface area contributed by atoms with E-state index in [0.717, 1.165) is 54.5 Å². The Labute approximate surface area is 181 Å². The van der Waals surface area contributed by atoms with Crippen LogP contribution in [0.5, 0.6) is 0 Å². The Morgan fingerprint density at radius 2 is 1.97 bits per heavy atom. The second-order valence-electron chi connectivity index (χ2n) is 7.55. The summed E-state index contributed by atoms with van der Waals surface area (Å²) >= 11 is 0. The molecular weight excluding hydrogens is 394 g/mol. The van der Waals surface area contributed by atoms with Crippen LogP contribution in [0.3, 0.4) is 0 Å². The van der Waals surface area contributed by atoms with Gasteiger partial charge in [0, 0.05) is 56.7 Å². The number of benzene rings is 1. The SMILES string of the molecule is CNC(=O)[C@H](C)NOCc1nc(-c2ccccc2)n2c1CN(Cc1cncnc1)CC2. The van der Waals surface area contributed by atoms with Gasteiger partial charge in [-0.2, -0.15) is 5.48 Å². The Bertz CT molecular complexity index is 1010. The summed E-state index contributed by atoms with van der Waals surface area (Å²) in [6, 6.07) is 9.72. The maximum absolute atomic E-state index is 11.7. The predicted molar refractivity (Wildman–Crippen MR) is 115 cm³/mol. The fourth-order valence-corrected chi connectivity index (χ4v) is 3.72. The zero-order chi connectivity index (χ0) is 21.6. The summed E-state index contributed by atoms with van der Waals surface area (Å²) in [4.78, 5) is 32.9. The van der Waals surface area contributed by atoms with Crippen molar-refractivity contribution < 1.29 is 9.63 Å². The number of hydroxylamine groups is 1. The molecule has 0 aliphatic carbocycles. The van der Waals surface area contributed by atoms with Crippen molar-refractivity contribution in [2.45, 2.75) is 39.2 Å².